The molecule has 0 unspecified atom stereocenters. The third-order valence-corrected chi connectivity index (χ3v) is 4.73. The first-order chi connectivity index (χ1) is 10.0. The lowest BCUT2D eigenvalue weighted by Gasteiger charge is -2.04. The van der Waals surface area contributed by atoms with Crippen LogP contribution < -0.4 is 5.56 Å². The second-order valence-corrected chi connectivity index (χ2v) is 6.00. The van der Waals surface area contributed by atoms with Crippen LogP contribution in [0.1, 0.15) is 34.4 Å². The number of carbonyl (C=O) groups is 1. The lowest BCUT2D eigenvalue weighted by molar-refractivity contribution is 0.0440. The van der Waals surface area contributed by atoms with Gasteiger partial charge in [-0.3, -0.25) is 9.36 Å². The highest BCUT2D eigenvalue weighted by atomic mass is 32.1. The van der Waals surface area contributed by atoms with Gasteiger partial charge in [0.1, 0.15) is 21.6 Å². The fraction of sp³-hybridized carbons (Fsp3) is 0.429. The van der Waals surface area contributed by atoms with Gasteiger partial charge >= 0.3 is 5.97 Å². The van der Waals surface area contributed by atoms with Gasteiger partial charge in [0, 0.05) is 13.0 Å². The molecule has 2 aromatic heterocycles. The molecule has 3 heterocycles. The van der Waals surface area contributed by atoms with Crippen molar-refractivity contribution in [3.63, 3.8) is 0 Å². The van der Waals surface area contributed by atoms with Gasteiger partial charge < -0.3 is 4.74 Å². The van der Waals surface area contributed by atoms with Crippen LogP contribution in [0, 0.1) is 18.3 Å². The van der Waals surface area contributed by atoms with E-state index in [0.29, 0.717) is 27.2 Å². The van der Waals surface area contributed by atoms with E-state index in [9.17, 15) is 9.59 Å². The molecule has 0 fully saturated rings. The van der Waals surface area contributed by atoms with E-state index < -0.39 is 12.1 Å². The number of nitrogens with zero attached hydrogens (tertiary/aromatic N) is 3. The Morgan fingerprint density at radius 2 is 2.33 bits per heavy atom. The Morgan fingerprint density at radius 1 is 1.57 bits per heavy atom. The molecular weight excluding hydrogens is 290 g/mol. The summed E-state index contributed by atoms with van der Waals surface area (Å²) in [6.45, 7) is 3.90. The van der Waals surface area contributed by atoms with Crippen LogP contribution in [0.25, 0.3) is 10.2 Å². The molecule has 0 saturated heterocycles. The number of aromatic nitrogens is 2. The molecule has 0 amide bonds. The second-order valence-electron chi connectivity index (χ2n) is 5.00. The van der Waals surface area contributed by atoms with Crippen molar-refractivity contribution in [2.75, 3.05) is 0 Å². The van der Waals surface area contributed by atoms with E-state index in [-0.39, 0.29) is 5.56 Å². The molecule has 1 aliphatic rings. The summed E-state index contributed by atoms with van der Waals surface area (Å²) < 4.78 is 6.69. The Morgan fingerprint density at radius 3 is 3.05 bits per heavy atom. The molecule has 0 aromatic carbocycles. The van der Waals surface area contributed by atoms with Gasteiger partial charge in [-0.25, -0.2) is 9.78 Å². The number of ether oxygens (including phenoxy) is 1. The molecule has 108 valence electrons. The summed E-state index contributed by atoms with van der Waals surface area (Å²) in [7, 11) is 0. The van der Waals surface area contributed by atoms with Gasteiger partial charge in [0.15, 0.2) is 6.10 Å². The molecule has 0 N–H and O–H groups in total. The summed E-state index contributed by atoms with van der Waals surface area (Å²) in [6.07, 6.45) is 0.890. The van der Waals surface area contributed by atoms with Gasteiger partial charge in [0.25, 0.3) is 5.56 Å². The molecule has 0 aliphatic carbocycles. The van der Waals surface area contributed by atoms with E-state index in [1.807, 2.05) is 6.07 Å². The molecule has 7 heteroatoms. The van der Waals surface area contributed by atoms with Crippen LogP contribution in [-0.2, 0) is 17.7 Å². The van der Waals surface area contributed by atoms with Crippen molar-refractivity contribution in [3.05, 3.63) is 26.6 Å². The van der Waals surface area contributed by atoms with Crippen LogP contribution in [0.4, 0.5) is 0 Å². The first kappa shape index (κ1) is 13.8. The standard InChI is InChI=1S/C14H13N3O3S/c1-7(6-15)20-14(19)11-8(2)10-12(21-11)16-9-4-3-5-17(9)13(10)18/h7H,3-5H2,1-2H3/t7-/m0/s1. The Hall–Kier alpha value is -2.20. The van der Waals surface area contributed by atoms with Crippen molar-refractivity contribution in [1.29, 1.82) is 5.26 Å². The maximum absolute atomic E-state index is 12.5. The summed E-state index contributed by atoms with van der Waals surface area (Å²) in [6, 6.07) is 1.85. The van der Waals surface area contributed by atoms with E-state index in [1.54, 1.807) is 11.5 Å². The summed E-state index contributed by atoms with van der Waals surface area (Å²) >= 11 is 1.16. The van der Waals surface area contributed by atoms with E-state index in [2.05, 4.69) is 4.98 Å². The van der Waals surface area contributed by atoms with Gasteiger partial charge in [-0.2, -0.15) is 5.26 Å². The minimum Gasteiger partial charge on any atom is -0.443 e. The van der Waals surface area contributed by atoms with Crippen LogP contribution in [0.15, 0.2) is 4.79 Å². The quantitative estimate of drug-likeness (QED) is 0.789. The Balaban J connectivity index is 2.13. The molecule has 6 nitrogen and oxygen atoms in total. The summed E-state index contributed by atoms with van der Waals surface area (Å²) in [5.74, 6) is 0.202. The molecule has 3 rings (SSSR count). The van der Waals surface area contributed by atoms with Crippen molar-refractivity contribution >= 4 is 27.5 Å². The Kier molecular flexibility index (Phi) is 3.26. The highest BCUT2D eigenvalue weighted by Crippen LogP contribution is 2.29. The number of hydrogen-bond donors (Lipinski definition) is 0. The van der Waals surface area contributed by atoms with E-state index in [4.69, 9.17) is 10.00 Å². The third kappa shape index (κ3) is 2.12. The highest BCUT2D eigenvalue weighted by Gasteiger charge is 2.24. The molecule has 0 radical (unpaired) electrons. The fourth-order valence-electron chi connectivity index (χ4n) is 2.51. The minimum atomic E-state index is -0.818. The number of hydrogen-bond acceptors (Lipinski definition) is 6. The molecule has 0 bridgehead atoms. The number of carbonyl (C=O) groups excluding carboxylic acids is 1. The monoisotopic (exact) mass is 303 g/mol. The fourth-order valence-corrected chi connectivity index (χ4v) is 3.58. The number of rotatable bonds is 2. The van der Waals surface area contributed by atoms with Crippen LogP contribution in [0.2, 0.25) is 0 Å². The van der Waals surface area contributed by atoms with E-state index in [0.717, 1.165) is 30.0 Å². The van der Waals surface area contributed by atoms with Gasteiger partial charge in [0.05, 0.1) is 5.39 Å². The first-order valence-electron chi connectivity index (χ1n) is 6.66. The zero-order chi connectivity index (χ0) is 15.1. The number of fused-ring (bicyclic) bond motifs is 2. The summed E-state index contributed by atoms with van der Waals surface area (Å²) in [5, 5.41) is 9.19. The number of thiophene rings is 1. The predicted octanol–water partition coefficient (Wildman–Crippen LogP) is 1.78. The minimum absolute atomic E-state index is 0.0892. The van der Waals surface area contributed by atoms with Crippen LogP contribution in [-0.4, -0.2) is 21.6 Å². The summed E-state index contributed by atoms with van der Waals surface area (Å²) in [4.78, 5) is 30.0. The zero-order valence-corrected chi connectivity index (χ0v) is 12.5. The average Bonchev–Trinajstić information content (AvgIpc) is 3.04. The smallest absolute Gasteiger partial charge is 0.349 e. The molecule has 0 saturated carbocycles. The second kappa shape index (κ2) is 4.97. The third-order valence-electron chi connectivity index (χ3n) is 3.56. The van der Waals surface area contributed by atoms with E-state index in [1.165, 1.54) is 6.92 Å². The van der Waals surface area contributed by atoms with Gasteiger partial charge in [-0.05, 0) is 25.8 Å². The SMILES string of the molecule is Cc1c(C(=O)O[C@@H](C)C#N)sc2nc3n(c(=O)c12)CCC3. The maximum Gasteiger partial charge on any atom is 0.349 e. The zero-order valence-electron chi connectivity index (χ0n) is 11.7. The van der Waals surface area contributed by atoms with Crippen molar-refractivity contribution in [1.82, 2.24) is 9.55 Å². The number of esters is 1. The topological polar surface area (TPSA) is 85.0 Å². The van der Waals surface area contributed by atoms with Gasteiger partial charge in [-0.15, -0.1) is 11.3 Å². The van der Waals surface area contributed by atoms with Crippen LogP contribution in [0.5, 0.6) is 0 Å². The molecular formula is C14H13N3O3S. The molecule has 2 aromatic rings. The molecule has 1 aliphatic heterocycles. The first-order valence-corrected chi connectivity index (χ1v) is 7.48. The maximum atomic E-state index is 12.5. The Bertz CT molecular complexity index is 844. The largest absolute Gasteiger partial charge is 0.443 e. The highest BCUT2D eigenvalue weighted by molar-refractivity contribution is 7.20. The molecule has 1 atom stereocenters. The van der Waals surface area contributed by atoms with Crippen LogP contribution >= 0.6 is 11.3 Å². The number of nitriles is 1. The average molecular weight is 303 g/mol. The predicted molar refractivity (Wildman–Crippen MR) is 77.4 cm³/mol. The van der Waals surface area contributed by atoms with Crippen molar-refractivity contribution in [2.24, 2.45) is 0 Å². The van der Waals surface area contributed by atoms with Gasteiger partial charge in [0.2, 0.25) is 0 Å². The lowest BCUT2D eigenvalue weighted by Crippen LogP contribution is -2.20. The molecule has 21 heavy (non-hydrogen) atoms. The van der Waals surface area contributed by atoms with Gasteiger partial charge in [-0.1, -0.05) is 0 Å². The number of aryl methyl sites for hydroxylation is 2. The van der Waals surface area contributed by atoms with Crippen molar-refractivity contribution in [2.45, 2.75) is 39.3 Å². The van der Waals surface area contributed by atoms with Crippen molar-refractivity contribution in [3.8, 4) is 6.07 Å². The normalized spacial score (nSPS) is 14.7. The molecule has 0 spiro atoms. The lowest BCUT2D eigenvalue weighted by atomic mass is 10.2. The van der Waals surface area contributed by atoms with Crippen LogP contribution in [0.3, 0.4) is 0 Å². The van der Waals surface area contributed by atoms with E-state index >= 15 is 0 Å². The summed E-state index contributed by atoms with van der Waals surface area (Å²) in [5.41, 5.74) is 0.499. The Labute approximate surface area is 124 Å². The van der Waals surface area contributed by atoms with Crippen molar-refractivity contribution < 1.29 is 9.53 Å².